The van der Waals surface area contributed by atoms with Crippen LogP contribution in [0.2, 0.25) is 0 Å². The number of hydrogen-bond acceptors (Lipinski definition) is 3. The molecule has 1 heterocycles. The van der Waals surface area contributed by atoms with Gasteiger partial charge in [-0.05, 0) is 49.4 Å². The summed E-state index contributed by atoms with van der Waals surface area (Å²) in [5, 5.41) is 3.04. The van der Waals surface area contributed by atoms with Crippen molar-refractivity contribution in [3.8, 4) is 0 Å². The predicted molar refractivity (Wildman–Crippen MR) is 93.4 cm³/mol. The van der Waals surface area contributed by atoms with Gasteiger partial charge in [-0.1, -0.05) is 31.9 Å². The molecular weight excluding hydrogens is 426 g/mol. The van der Waals surface area contributed by atoms with E-state index >= 15 is 0 Å². The van der Waals surface area contributed by atoms with Crippen molar-refractivity contribution in [3.63, 3.8) is 0 Å². The fourth-order valence-electron chi connectivity index (χ4n) is 4.46. The van der Waals surface area contributed by atoms with E-state index in [4.69, 9.17) is 4.74 Å². The fourth-order valence-corrected chi connectivity index (χ4v) is 5.96. The first-order valence-corrected chi connectivity index (χ1v) is 9.51. The van der Waals surface area contributed by atoms with E-state index in [-0.39, 0.29) is 46.5 Å². The summed E-state index contributed by atoms with van der Waals surface area (Å²) in [4.78, 5) is 25.1. The van der Waals surface area contributed by atoms with Gasteiger partial charge >= 0.3 is 5.97 Å². The number of carbonyl (C=O) groups is 2. The van der Waals surface area contributed by atoms with E-state index in [2.05, 4.69) is 37.2 Å². The average Bonchev–Trinajstić information content (AvgIpc) is 3.08. The third-order valence-electron chi connectivity index (χ3n) is 5.59. The number of carbonyl (C=O) groups excluding carboxylic acids is 2. The number of fused-ring (bicyclic) bond motifs is 1. The van der Waals surface area contributed by atoms with Crippen LogP contribution in [0.1, 0.15) is 17.5 Å². The first-order chi connectivity index (χ1) is 10.9. The van der Waals surface area contributed by atoms with E-state index < -0.39 is 0 Å². The second-order valence-electron chi connectivity index (χ2n) is 6.87. The highest BCUT2D eigenvalue weighted by atomic mass is 79.9. The van der Waals surface area contributed by atoms with Crippen molar-refractivity contribution >= 4 is 49.4 Å². The Morgan fingerprint density at radius 1 is 1.26 bits per heavy atom. The van der Waals surface area contributed by atoms with Crippen LogP contribution in [0.25, 0.3) is 0 Å². The molecule has 1 amide bonds. The summed E-state index contributed by atoms with van der Waals surface area (Å²) in [7, 11) is 0. The molecule has 0 aromatic heterocycles. The number of nitrogens with one attached hydrogen (secondary N) is 1. The number of hydrogen-bond donors (Lipinski definition) is 1. The summed E-state index contributed by atoms with van der Waals surface area (Å²) in [5.41, 5.74) is 2.88. The topological polar surface area (TPSA) is 55.4 Å². The van der Waals surface area contributed by atoms with Crippen molar-refractivity contribution in [3.05, 3.63) is 27.7 Å². The lowest BCUT2D eigenvalue weighted by atomic mass is 9.79. The second-order valence-corrected chi connectivity index (χ2v) is 8.78. The molecule has 2 aliphatic carbocycles. The summed E-state index contributed by atoms with van der Waals surface area (Å²) in [5.74, 6) is -0.448. The summed E-state index contributed by atoms with van der Waals surface area (Å²) >= 11 is 7.14. The maximum atomic E-state index is 12.9. The Bertz CT molecular complexity index is 720. The Hall–Kier alpha value is -0.880. The van der Waals surface area contributed by atoms with Crippen LogP contribution in [0.5, 0.6) is 0 Å². The van der Waals surface area contributed by atoms with Crippen LogP contribution in [0.15, 0.2) is 16.6 Å². The number of aryl methyl sites for hydroxylation is 2. The van der Waals surface area contributed by atoms with Crippen LogP contribution in [0.3, 0.4) is 0 Å². The Morgan fingerprint density at radius 2 is 2.00 bits per heavy atom. The van der Waals surface area contributed by atoms with Gasteiger partial charge in [-0.25, -0.2) is 0 Å². The van der Waals surface area contributed by atoms with E-state index in [0.29, 0.717) is 0 Å². The molecule has 0 spiro atoms. The molecule has 1 N–H and O–H groups in total. The molecule has 1 saturated heterocycles. The van der Waals surface area contributed by atoms with Gasteiger partial charge in [-0.15, -0.1) is 0 Å². The number of anilines is 1. The first-order valence-electron chi connectivity index (χ1n) is 7.80. The molecule has 0 unspecified atom stereocenters. The minimum atomic E-state index is -0.293. The van der Waals surface area contributed by atoms with Crippen molar-refractivity contribution < 1.29 is 14.3 Å². The summed E-state index contributed by atoms with van der Waals surface area (Å²) < 4.78 is 6.49. The van der Waals surface area contributed by atoms with Gasteiger partial charge in [0.15, 0.2) is 0 Å². The molecule has 1 aliphatic heterocycles. The van der Waals surface area contributed by atoms with Crippen LogP contribution in [0.4, 0.5) is 5.69 Å². The minimum absolute atomic E-state index is 0.0433. The van der Waals surface area contributed by atoms with Gasteiger partial charge in [-0.3, -0.25) is 9.59 Å². The van der Waals surface area contributed by atoms with E-state index in [1.165, 1.54) is 0 Å². The summed E-state index contributed by atoms with van der Waals surface area (Å²) in [6.07, 6.45) is 0.853. The number of halogens is 2. The first kappa shape index (κ1) is 15.6. The quantitative estimate of drug-likeness (QED) is 0.562. The second kappa shape index (κ2) is 5.31. The molecule has 2 bridgehead atoms. The maximum absolute atomic E-state index is 12.9. The lowest BCUT2D eigenvalue weighted by molar-refractivity contribution is -0.145. The van der Waals surface area contributed by atoms with Crippen LogP contribution < -0.4 is 5.32 Å². The van der Waals surface area contributed by atoms with Crippen LogP contribution in [0, 0.1) is 37.5 Å². The molecule has 2 saturated carbocycles. The summed E-state index contributed by atoms with van der Waals surface area (Å²) in [6.45, 7) is 3.96. The lowest BCUT2D eigenvalue weighted by Gasteiger charge is -2.27. The molecule has 3 fully saturated rings. The number of ether oxygens (including phenoxy) is 1. The molecule has 23 heavy (non-hydrogen) atoms. The van der Waals surface area contributed by atoms with Crippen molar-refractivity contribution in [2.45, 2.75) is 31.2 Å². The summed E-state index contributed by atoms with van der Waals surface area (Å²) in [6, 6.07) is 3.96. The zero-order chi connectivity index (χ0) is 16.5. The largest absolute Gasteiger partial charge is 0.461 e. The molecule has 6 heteroatoms. The van der Waals surface area contributed by atoms with Gasteiger partial charge in [0.2, 0.25) is 5.91 Å². The predicted octanol–water partition coefficient (Wildman–Crippen LogP) is 3.58. The van der Waals surface area contributed by atoms with Crippen molar-refractivity contribution in [1.82, 2.24) is 0 Å². The fraction of sp³-hybridized carbons (Fsp3) is 0.529. The number of alkyl halides is 1. The lowest BCUT2D eigenvalue weighted by Crippen LogP contribution is -2.40. The molecular formula is C17H17Br2NO3. The van der Waals surface area contributed by atoms with Crippen molar-refractivity contribution in [2.24, 2.45) is 23.7 Å². The van der Waals surface area contributed by atoms with Crippen molar-refractivity contribution in [1.29, 1.82) is 0 Å². The van der Waals surface area contributed by atoms with Gasteiger partial charge in [0.25, 0.3) is 0 Å². The third-order valence-corrected chi connectivity index (χ3v) is 7.64. The van der Waals surface area contributed by atoms with Crippen LogP contribution in [-0.2, 0) is 14.3 Å². The molecule has 4 nitrogen and oxygen atoms in total. The van der Waals surface area contributed by atoms with Crippen LogP contribution >= 0.6 is 31.9 Å². The molecule has 4 rings (SSSR count). The molecule has 3 aliphatic rings. The van der Waals surface area contributed by atoms with Crippen LogP contribution in [-0.4, -0.2) is 22.8 Å². The average molecular weight is 443 g/mol. The van der Waals surface area contributed by atoms with E-state index in [0.717, 1.165) is 27.7 Å². The molecule has 122 valence electrons. The third kappa shape index (κ3) is 2.21. The van der Waals surface area contributed by atoms with E-state index in [1.807, 2.05) is 26.0 Å². The molecule has 6 atom stereocenters. The van der Waals surface area contributed by atoms with Gasteiger partial charge in [-0.2, -0.15) is 0 Å². The van der Waals surface area contributed by atoms with E-state index in [9.17, 15) is 9.59 Å². The normalized spacial score (nSPS) is 37.1. The monoisotopic (exact) mass is 441 g/mol. The molecule has 1 aromatic carbocycles. The number of rotatable bonds is 2. The molecule has 0 radical (unpaired) electrons. The number of benzene rings is 1. The van der Waals surface area contributed by atoms with Gasteiger partial charge in [0.1, 0.15) is 6.10 Å². The van der Waals surface area contributed by atoms with Crippen molar-refractivity contribution in [2.75, 3.05) is 5.32 Å². The Labute approximate surface area is 151 Å². The highest BCUT2D eigenvalue weighted by molar-refractivity contribution is 9.10. The maximum Gasteiger partial charge on any atom is 0.310 e. The Balaban J connectivity index is 1.61. The zero-order valence-electron chi connectivity index (χ0n) is 12.8. The standard InChI is InChI=1S/C17H17Br2NO3/c1-6-4-11(7(2)3-10(6)18)20-16(21)12-8-5-9-13(12)17(22)23-15(9)14(8)19/h3-4,8-9,12-15H,5H2,1-2H3,(H,20,21)/t8-,9-,12-,13-,14-,15+/m1/s1. The Morgan fingerprint density at radius 3 is 2.74 bits per heavy atom. The van der Waals surface area contributed by atoms with Gasteiger partial charge in [0, 0.05) is 16.1 Å². The van der Waals surface area contributed by atoms with Gasteiger partial charge < -0.3 is 10.1 Å². The number of esters is 1. The van der Waals surface area contributed by atoms with Gasteiger partial charge in [0.05, 0.1) is 16.7 Å². The SMILES string of the molecule is Cc1cc(NC(=O)[C@@H]2[C@H]3C[C@H]4[C@H](OC(=O)[C@H]42)[C@@H]3Br)c(C)cc1Br. The zero-order valence-corrected chi connectivity index (χ0v) is 16.0. The highest BCUT2D eigenvalue weighted by Gasteiger charge is 2.67. The molecule has 1 aromatic rings. The minimum Gasteiger partial charge on any atom is -0.461 e. The highest BCUT2D eigenvalue weighted by Crippen LogP contribution is 2.60. The smallest absolute Gasteiger partial charge is 0.310 e. The van der Waals surface area contributed by atoms with E-state index in [1.54, 1.807) is 0 Å². The Kier molecular flexibility index (Phi) is 3.61. The number of amides is 1.